The van der Waals surface area contributed by atoms with E-state index >= 15 is 0 Å². The third kappa shape index (κ3) is 2.97. The largest absolute Gasteiger partial charge is 0.508 e. The van der Waals surface area contributed by atoms with E-state index in [2.05, 4.69) is 16.9 Å². The highest BCUT2D eigenvalue weighted by molar-refractivity contribution is 5.90. The fraction of sp³-hybridized carbons (Fsp3) is 0.562. The maximum absolute atomic E-state index is 9.55. The summed E-state index contributed by atoms with van der Waals surface area (Å²) in [6, 6.07) is 5.83. The normalized spacial score (nSPS) is 18.1. The molecule has 0 radical (unpaired) electrons. The average Bonchev–Trinajstić information content (AvgIpc) is 2.81. The lowest BCUT2D eigenvalue weighted by Gasteiger charge is -2.32. The number of nitrogens with two attached hydrogens (primary N) is 1. The van der Waals surface area contributed by atoms with Crippen molar-refractivity contribution in [2.45, 2.75) is 45.2 Å². The molecule has 0 aliphatic carbocycles. The van der Waals surface area contributed by atoms with Crippen LogP contribution in [0.4, 0.5) is 5.82 Å². The van der Waals surface area contributed by atoms with Crippen LogP contribution in [-0.4, -0.2) is 38.9 Å². The molecule has 1 aliphatic rings. The summed E-state index contributed by atoms with van der Waals surface area (Å²) in [5, 5.41) is 14.8. The van der Waals surface area contributed by atoms with E-state index in [1.165, 1.54) is 32.4 Å². The Labute approximate surface area is 125 Å². The van der Waals surface area contributed by atoms with Crippen LogP contribution < -0.4 is 5.73 Å². The second kappa shape index (κ2) is 5.93. The number of fused-ring (bicyclic) bond motifs is 1. The third-order valence-electron chi connectivity index (χ3n) is 4.54. The summed E-state index contributed by atoms with van der Waals surface area (Å²) in [6.07, 6.45) is 5.08. The number of nitrogens with zero attached hydrogens (tertiary/aromatic N) is 3. The van der Waals surface area contributed by atoms with Crippen molar-refractivity contribution >= 4 is 16.7 Å². The molecule has 0 amide bonds. The first-order chi connectivity index (χ1) is 10.1. The lowest BCUT2D eigenvalue weighted by atomic mass is 10.1. The van der Waals surface area contributed by atoms with Crippen molar-refractivity contribution in [2.24, 2.45) is 0 Å². The lowest BCUT2D eigenvalue weighted by molar-refractivity contribution is 0.162. The van der Waals surface area contributed by atoms with Crippen molar-refractivity contribution in [1.29, 1.82) is 0 Å². The molecule has 0 saturated carbocycles. The Hall–Kier alpha value is -1.75. The van der Waals surface area contributed by atoms with Crippen LogP contribution in [0, 0.1) is 0 Å². The number of benzene rings is 1. The van der Waals surface area contributed by atoms with Crippen LogP contribution in [0.5, 0.6) is 5.75 Å². The van der Waals surface area contributed by atoms with Gasteiger partial charge in [-0.1, -0.05) is 6.42 Å². The molecule has 1 unspecified atom stereocenters. The van der Waals surface area contributed by atoms with Gasteiger partial charge in [0.05, 0.1) is 5.52 Å². The van der Waals surface area contributed by atoms with Gasteiger partial charge in [0.2, 0.25) is 0 Å². The van der Waals surface area contributed by atoms with Crippen molar-refractivity contribution in [3.8, 4) is 5.75 Å². The number of aryl methyl sites for hydroxylation is 1. The van der Waals surface area contributed by atoms with Crippen molar-refractivity contribution < 1.29 is 5.11 Å². The molecule has 2 heterocycles. The first-order valence-corrected chi connectivity index (χ1v) is 7.84. The first kappa shape index (κ1) is 14.2. The number of likely N-dealkylation sites (tertiary alicyclic amines) is 1. The molecule has 1 aromatic heterocycles. The molecule has 0 spiro atoms. The molecule has 3 N–H and O–H groups in total. The zero-order valence-corrected chi connectivity index (χ0v) is 12.6. The Bertz CT molecular complexity index is 616. The van der Waals surface area contributed by atoms with Crippen LogP contribution in [0.1, 0.15) is 32.6 Å². The average molecular weight is 288 g/mol. The maximum Gasteiger partial charge on any atom is 0.153 e. The fourth-order valence-electron chi connectivity index (χ4n) is 3.21. The highest BCUT2D eigenvalue weighted by atomic mass is 16.3. The molecule has 1 aromatic carbocycles. The summed E-state index contributed by atoms with van der Waals surface area (Å²) in [4.78, 5) is 2.57. The summed E-state index contributed by atoms with van der Waals surface area (Å²) in [5.41, 5.74) is 6.94. The monoisotopic (exact) mass is 288 g/mol. The highest BCUT2D eigenvalue weighted by Gasteiger charge is 2.17. The molecular formula is C16H24N4O. The number of piperidine rings is 1. The number of nitrogen functional groups attached to an aromatic ring is 1. The van der Waals surface area contributed by atoms with Gasteiger partial charge < -0.3 is 15.7 Å². The molecule has 21 heavy (non-hydrogen) atoms. The predicted molar refractivity (Wildman–Crippen MR) is 85.3 cm³/mol. The van der Waals surface area contributed by atoms with E-state index < -0.39 is 0 Å². The van der Waals surface area contributed by atoms with E-state index in [-0.39, 0.29) is 5.75 Å². The van der Waals surface area contributed by atoms with Crippen LogP contribution in [0.25, 0.3) is 10.9 Å². The number of hydrogen-bond donors (Lipinski definition) is 2. The molecule has 2 aromatic rings. The van der Waals surface area contributed by atoms with E-state index in [4.69, 9.17) is 5.73 Å². The number of hydrogen-bond acceptors (Lipinski definition) is 4. The molecule has 5 nitrogen and oxygen atoms in total. The molecular weight excluding hydrogens is 264 g/mol. The third-order valence-corrected chi connectivity index (χ3v) is 4.54. The minimum Gasteiger partial charge on any atom is -0.508 e. The van der Waals surface area contributed by atoms with E-state index in [1.807, 2.05) is 10.7 Å². The number of phenols is 1. The van der Waals surface area contributed by atoms with Crippen LogP contribution in [0.2, 0.25) is 0 Å². The zero-order chi connectivity index (χ0) is 14.8. The van der Waals surface area contributed by atoms with Gasteiger partial charge in [-0.05, 0) is 57.5 Å². The van der Waals surface area contributed by atoms with E-state index in [1.54, 1.807) is 12.1 Å². The Kier molecular flexibility index (Phi) is 4.01. The van der Waals surface area contributed by atoms with E-state index in [9.17, 15) is 5.11 Å². The summed E-state index contributed by atoms with van der Waals surface area (Å²) >= 11 is 0. The fourth-order valence-corrected chi connectivity index (χ4v) is 3.21. The number of anilines is 1. The zero-order valence-electron chi connectivity index (χ0n) is 12.6. The van der Waals surface area contributed by atoms with E-state index in [0.717, 1.165) is 23.9 Å². The van der Waals surface area contributed by atoms with Gasteiger partial charge in [-0.15, -0.1) is 0 Å². The minimum absolute atomic E-state index is 0.232. The minimum atomic E-state index is 0.232. The van der Waals surface area contributed by atoms with Crippen molar-refractivity contribution in [3.63, 3.8) is 0 Å². The topological polar surface area (TPSA) is 67.3 Å². The predicted octanol–water partition coefficient (Wildman–Crippen LogP) is 2.59. The molecule has 1 atom stereocenters. The van der Waals surface area contributed by atoms with Gasteiger partial charge in [0.25, 0.3) is 0 Å². The molecule has 3 rings (SSSR count). The SMILES string of the molecule is CC(CCn1nc(N)c2cc(O)ccc21)N1CCCCC1. The van der Waals surface area contributed by atoms with Gasteiger partial charge in [-0.3, -0.25) is 4.68 Å². The maximum atomic E-state index is 9.55. The smallest absolute Gasteiger partial charge is 0.153 e. The molecule has 114 valence electrons. The number of aromatic nitrogens is 2. The molecule has 1 saturated heterocycles. The quantitative estimate of drug-likeness (QED) is 0.907. The molecule has 1 fully saturated rings. The molecule has 5 heteroatoms. The van der Waals surface area contributed by atoms with Crippen molar-refractivity contribution in [1.82, 2.24) is 14.7 Å². The first-order valence-electron chi connectivity index (χ1n) is 7.84. The highest BCUT2D eigenvalue weighted by Crippen LogP contribution is 2.25. The summed E-state index contributed by atoms with van der Waals surface area (Å²) < 4.78 is 1.96. The van der Waals surface area contributed by atoms with Gasteiger partial charge >= 0.3 is 0 Å². The van der Waals surface area contributed by atoms with Crippen molar-refractivity contribution in [3.05, 3.63) is 18.2 Å². The number of aromatic hydroxyl groups is 1. The van der Waals surface area contributed by atoms with Crippen LogP contribution >= 0.6 is 0 Å². The van der Waals surface area contributed by atoms with Gasteiger partial charge in [-0.25, -0.2) is 0 Å². The molecule has 1 aliphatic heterocycles. The van der Waals surface area contributed by atoms with E-state index in [0.29, 0.717) is 11.9 Å². The standard InChI is InChI=1S/C16H24N4O/c1-12(19-8-3-2-4-9-19)7-10-20-15-6-5-13(21)11-14(15)16(17)18-20/h5-6,11-12,21H,2-4,7-10H2,1H3,(H2,17,18). The number of rotatable bonds is 4. The number of phenolic OH excluding ortho intramolecular Hbond substituents is 1. The van der Waals surface area contributed by atoms with Gasteiger partial charge in [-0.2, -0.15) is 5.10 Å². The Morgan fingerprint density at radius 2 is 2.05 bits per heavy atom. The Morgan fingerprint density at radius 1 is 1.29 bits per heavy atom. The van der Waals surface area contributed by atoms with Crippen LogP contribution in [-0.2, 0) is 6.54 Å². The summed E-state index contributed by atoms with van der Waals surface area (Å²) in [6.45, 7) is 5.59. The van der Waals surface area contributed by atoms with Gasteiger partial charge in [0.15, 0.2) is 5.82 Å². The van der Waals surface area contributed by atoms with Gasteiger partial charge in [0.1, 0.15) is 5.75 Å². The summed E-state index contributed by atoms with van der Waals surface area (Å²) in [7, 11) is 0. The van der Waals surface area contributed by atoms with Crippen LogP contribution in [0.15, 0.2) is 18.2 Å². The Morgan fingerprint density at radius 3 is 2.81 bits per heavy atom. The van der Waals surface area contributed by atoms with Crippen LogP contribution in [0.3, 0.4) is 0 Å². The Balaban J connectivity index is 1.70. The molecule has 0 bridgehead atoms. The van der Waals surface area contributed by atoms with Crippen molar-refractivity contribution in [2.75, 3.05) is 18.8 Å². The second-order valence-electron chi connectivity index (χ2n) is 6.04. The lowest BCUT2D eigenvalue weighted by Crippen LogP contribution is -2.37. The second-order valence-corrected chi connectivity index (χ2v) is 6.04. The van der Waals surface area contributed by atoms with Gasteiger partial charge in [0, 0.05) is 18.0 Å². The summed E-state index contributed by atoms with van der Waals surface area (Å²) in [5.74, 6) is 0.724.